The molecule has 0 aliphatic carbocycles. The van der Waals surface area contributed by atoms with Gasteiger partial charge in [-0.1, -0.05) is 48.5 Å². The minimum absolute atomic E-state index is 0.0230. The Bertz CT molecular complexity index is 1120. The van der Waals surface area contributed by atoms with Crippen LogP contribution in [0.4, 0.5) is 9.52 Å². The number of hydrogen-bond acceptors (Lipinski definition) is 5. The maximum atomic E-state index is 14.8. The molecule has 1 aromatic heterocycles. The summed E-state index contributed by atoms with van der Waals surface area (Å²) in [6, 6.07) is 14.9. The zero-order chi connectivity index (χ0) is 20.7. The van der Waals surface area contributed by atoms with Crippen molar-refractivity contribution in [3.05, 3.63) is 77.2 Å². The van der Waals surface area contributed by atoms with Gasteiger partial charge in [0.25, 0.3) is 0 Å². The fourth-order valence-electron chi connectivity index (χ4n) is 3.64. The number of thiazole rings is 1. The number of aromatic hydroxyl groups is 1. The van der Waals surface area contributed by atoms with Gasteiger partial charge in [0.1, 0.15) is 22.0 Å². The number of carbonyl (C=O) groups excluding carboxylic acids is 1. The molecule has 0 saturated heterocycles. The molecular formula is C22H20FN2O3S+. The number of benzene rings is 2. The molecule has 0 spiro atoms. The van der Waals surface area contributed by atoms with Gasteiger partial charge < -0.3 is 9.84 Å². The fraction of sp³-hybridized carbons (Fsp3) is 0.182. The molecule has 1 unspecified atom stereocenters. The van der Waals surface area contributed by atoms with Gasteiger partial charge in [0, 0.05) is 5.56 Å². The predicted molar refractivity (Wildman–Crippen MR) is 109 cm³/mol. The third-order valence-corrected chi connectivity index (χ3v) is 6.46. The van der Waals surface area contributed by atoms with Crippen LogP contribution < -0.4 is 9.47 Å². The Hall–Kier alpha value is -3.19. The van der Waals surface area contributed by atoms with E-state index in [0.29, 0.717) is 21.3 Å². The predicted octanol–water partition coefficient (Wildman–Crippen LogP) is 4.03. The van der Waals surface area contributed by atoms with Crippen LogP contribution in [-0.2, 0) is 9.53 Å². The Labute approximate surface area is 171 Å². The maximum absolute atomic E-state index is 14.8. The Morgan fingerprint density at radius 3 is 2.48 bits per heavy atom. The van der Waals surface area contributed by atoms with Crippen LogP contribution in [0.5, 0.6) is 5.88 Å². The minimum Gasteiger partial charge on any atom is -0.477 e. The van der Waals surface area contributed by atoms with Gasteiger partial charge in [0.2, 0.25) is 0 Å². The van der Waals surface area contributed by atoms with Crippen molar-refractivity contribution in [2.45, 2.75) is 13.0 Å². The van der Waals surface area contributed by atoms with Crippen molar-refractivity contribution in [1.29, 1.82) is 0 Å². The molecule has 0 bridgehead atoms. The normalized spacial score (nSPS) is 16.0. The molecule has 1 aliphatic heterocycles. The highest BCUT2D eigenvalue weighted by atomic mass is 32.1. The van der Waals surface area contributed by atoms with E-state index in [2.05, 4.69) is 0 Å². The van der Waals surface area contributed by atoms with E-state index in [4.69, 9.17) is 4.74 Å². The molecule has 3 aromatic rings. The van der Waals surface area contributed by atoms with Crippen LogP contribution in [0.15, 0.2) is 65.9 Å². The first-order valence-corrected chi connectivity index (χ1v) is 9.87. The van der Waals surface area contributed by atoms with Crippen LogP contribution in [0.25, 0.3) is 10.4 Å². The lowest BCUT2D eigenvalue weighted by molar-refractivity contribution is -0.695. The molecule has 5 nitrogen and oxygen atoms in total. The van der Waals surface area contributed by atoms with E-state index in [1.54, 1.807) is 29.7 Å². The minimum atomic E-state index is -0.844. The second-order valence-electron chi connectivity index (χ2n) is 6.75. The fourth-order valence-corrected chi connectivity index (χ4v) is 4.83. The van der Waals surface area contributed by atoms with E-state index in [1.807, 2.05) is 42.3 Å². The first-order valence-electron chi connectivity index (χ1n) is 9.05. The average molecular weight is 411 g/mol. The summed E-state index contributed by atoms with van der Waals surface area (Å²) in [4.78, 5) is 15.2. The molecule has 0 fully saturated rings. The summed E-state index contributed by atoms with van der Waals surface area (Å²) >= 11 is 1.38. The van der Waals surface area contributed by atoms with Gasteiger partial charge in [-0.25, -0.2) is 14.1 Å². The first kappa shape index (κ1) is 19.1. The number of nitrogens with zero attached hydrogens (tertiary/aromatic N) is 2. The number of allylic oxidation sites excluding steroid dienone is 1. The van der Waals surface area contributed by atoms with E-state index in [-0.39, 0.29) is 11.5 Å². The van der Waals surface area contributed by atoms with Crippen molar-refractivity contribution >= 4 is 22.4 Å². The van der Waals surface area contributed by atoms with Crippen LogP contribution in [-0.4, -0.2) is 25.2 Å². The van der Waals surface area contributed by atoms with Crippen LogP contribution in [0.2, 0.25) is 0 Å². The molecule has 4 rings (SSSR count). The smallest absolute Gasteiger partial charge is 0.345 e. The lowest BCUT2D eigenvalue weighted by Gasteiger charge is -2.27. The quantitative estimate of drug-likeness (QED) is 0.522. The Balaban J connectivity index is 2.02. The SMILES string of the molecule is COC(=O)C1=C(C)N(C)c2sc(-c3ccccc3)c(O)[n+]2C1c1ccccc1F. The van der Waals surface area contributed by atoms with E-state index in [9.17, 15) is 14.3 Å². The van der Waals surface area contributed by atoms with Crippen molar-refractivity contribution in [3.8, 4) is 16.3 Å². The molecule has 1 N–H and O–H groups in total. The van der Waals surface area contributed by atoms with Crippen LogP contribution in [0, 0.1) is 5.82 Å². The molecule has 1 atom stereocenters. The van der Waals surface area contributed by atoms with Gasteiger partial charge in [0.15, 0.2) is 6.04 Å². The Morgan fingerprint density at radius 1 is 1.17 bits per heavy atom. The molecule has 7 heteroatoms. The first-order chi connectivity index (χ1) is 14.0. The van der Waals surface area contributed by atoms with Gasteiger partial charge in [0.05, 0.1) is 14.2 Å². The van der Waals surface area contributed by atoms with Crippen LogP contribution in [0.3, 0.4) is 0 Å². The van der Waals surface area contributed by atoms with E-state index in [1.165, 1.54) is 24.5 Å². The summed E-state index contributed by atoms with van der Waals surface area (Å²) in [5, 5.41) is 11.9. The molecule has 1 aliphatic rings. The van der Waals surface area contributed by atoms with Gasteiger partial charge >= 0.3 is 17.0 Å². The summed E-state index contributed by atoms with van der Waals surface area (Å²) in [6.07, 6.45) is 0. The largest absolute Gasteiger partial charge is 0.477 e. The summed E-state index contributed by atoms with van der Waals surface area (Å²) < 4.78 is 21.4. The van der Waals surface area contributed by atoms with E-state index >= 15 is 0 Å². The summed E-state index contributed by atoms with van der Waals surface area (Å²) in [5.74, 6) is -1.04. The summed E-state index contributed by atoms with van der Waals surface area (Å²) in [5.41, 5.74) is 2.06. The number of anilines is 1. The summed E-state index contributed by atoms with van der Waals surface area (Å²) in [7, 11) is 3.11. The zero-order valence-corrected chi connectivity index (χ0v) is 17.0. The number of aromatic nitrogens is 1. The lowest BCUT2D eigenvalue weighted by Crippen LogP contribution is -2.50. The van der Waals surface area contributed by atoms with Crippen molar-refractivity contribution < 1.29 is 23.6 Å². The Morgan fingerprint density at radius 2 is 1.83 bits per heavy atom. The summed E-state index contributed by atoms with van der Waals surface area (Å²) in [6.45, 7) is 1.79. The number of hydrogen-bond donors (Lipinski definition) is 1. The third kappa shape index (κ3) is 2.98. The van der Waals surface area contributed by atoms with Gasteiger partial charge in [-0.15, -0.1) is 0 Å². The number of esters is 1. The number of rotatable bonds is 3. The standard InChI is InChI=1S/C22H19FN2O3S/c1-13-17(21(27)28-3)18(15-11-7-8-12-16(15)23)25-20(26)19(29-22(25)24(13)2)14-9-5-4-6-10-14/h4-12,18H,1-3H3/p+1. The third-order valence-electron chi connectivity index (χ3n) is 5.18. The van der Waals surface area contributed by atoms with Crippen molar-refractivity contribution in [1.82, 2.24) is 0 Å². The Kier molecular flexibility index (Phi) is 4.84. The zero-order valence-electron chi connectivity index (χ0n) is 16.2. The number of methoxy groups -OCH3 is 1. The molecule has 2 aromatic carbocycles. The molecule has 29 heavy (non-hydrogen) atoms. The van der Waals surface area contributed by atoms with Gasteiger partial charge in [-0.05, 0) is 29.9 Å². The van der Waals surface area contributed by atoms with Crippen molar-refractivity contribution in [2.24, 2.45) is 0 Å². The topological polar surface area (TPSA) is 53.6 Å². The number of halogens is 1. The average Bonchev–Trinajstić information content (AvgIpc) is 3.08. The maximum Gasteiger partial charge on any atom is 0.345 e. The van der Waals surface area contributed by atoms with Crippen LogP contribution >= 0.6 is 11.3 Å². The second kappa shape index (κ2) is 7.33. The highest BCUT2D eigenvalue weighted by Crippen LogP contribution is 2.44. The molecular weight excluding hydrogens is 391 g/mol. The molecule has 0 amide bonds. The number of fused-ring (bicyclic) bond motifs is 1. The molecule has 0 radical (unpaired) electrons. The van der Waals surface area contributed by atoms with Crippen molar-refractivity contribution in [3.63, 3.8) is 0 Å². The lowest BCUT2D eigenvalue weighted by atomic mass is 9.94. The van der Waals surface area contributed by atoms with E-state index in [0.717, 1.165) is 5.56 Å². The van der Waals surface area contributed by atoms with Crippen LogP contribution in [0.1, 0.15) is 18.5 Å². The number of ether oxygens (including phenoxy) is 1. The van der Waals surface area contributed by atoms with Gasteiger partial charge in [-0.2, -0.15) is 4.57 Å². The second-order valence-corrected chi connectivity index (χ2v) is 7.72. The number of carbonyl (C=O) groups is 1. The van der Waals surface area contributed by atoms with Gasteiger partial charge in [-0.3, -0.25) is 0 Å². The monoisotopic (exact) mass is 411 g/mol. The van der Waals surface area contributed by atoms with Crippen molar-refractivity contribution in [2.75, 3.05) is 19.1 Å². The van der Waals surface area contributed by atoms with E-state index < -0.39 is 17.8 Å². The molecule has 0 saturated carbocycles. The highest BCUT2D eigenvalue weighted by Gasteiger charge is 2.46. The molecule has 2 heterocycles. The highest BCUT2D eigenvalue weighted by molar-refractivity contribution is 7.18. The molecule has 148 valence electrons.